The van der Waals surface area contributed by atoms with Gasteiger partial charge in [-0.05, 0) is 48.4 Å². The second-order valence-electron chi connectivity index (χ2n) is 5.20. The molecule has 0 aliphatic heterocycles. The molecule has 5 nitrogen and oxygen atoms in total. The van der Waals surface area contributed by atoms with E-state index in [1.54, 1.807) is 12.1 Å². The van der Waals surface area contributed by atoms with Gasteiger partial charge in [-0.25, -0.2) is 9.18 Å². The smallest absolute Gasteiger partial charge is 0.326 e. The molecule has 3 N–H and O–H groups in total. The molecule has 2 aromatic rings. The Kier molecular flexibility index (Phi) is 4.95. The number of amides is 1. The van der Waals surface area contributed by atoms with E-state index < -0.39 is 23.7 Å². The van der Waals surface area contributed by atoms with Crippen LogP contribution in [0, 0.1) is 12.7 Å². The fourth-order valence-corrected chi connectivity index (χ4v) is 2.10. The monoisotopic (exact) mass is 317 g/mol. The number of carbonyl (C=O) groups excluding carboxylic acids is 1. The van der Waals surface area contributed by atoms with Crippen molar-refractivity contribution in [1.29, 1.82) is 0 Å². The van der Waals surface area contributed by atoms with Crippen LogP contribution in [0.4, 0.5) is 4.39 Å². The zero-order valence-corrected chi connectivity index (χ0v) is 12.4. The minimum atomic E-state index is -1.18. The molecule has 23 heavy (non-hydrogen) atoms. The SMILES string of the molecule is Cc1cc(C(=O)N[C@@H](Cc2ccc(O)cc2)C(=O)O)ccc1F. The Balaban J connectivity index is 2.12. The predicted octanol–water partition coefficient (Wildman–Crippen LogP) is 2.27. The van der Waals surface area contributed by atoms with Crippen molar-refractivity contribution in [2.75, 3.05) is 0 Å². The first-order valence-electron chi connectivity index (χ1n) is 6.94. The lowest BCUT2D eigenvalue weighted by Gasteiger charge is -2.15. The Morgan fingerprint density at radius 2 is 1.83 bits per heavy atom. The van der Waals surface area contributed by atoms with Crippen LogP contribution in [0.15, 0.2) is 42.5 Å². The van der Waals surface area contributed by atoms with Crippen molar-refractivity contribution in [3.63, 3.8) is 0 Å². The summed E-state index contributed by atoms with van der Waals surface area (Å²) in [6, 6.07) is 8.76. The Hall–Kier alpha value is -2.89. The van der Waals surface area contributed by atoms with Crippen LogP contribution in [-0.2, 0) is 11.2 Å². The number of aromatic hydroxyl groups is 1. The molecule has 0 saturated carbocycles. The second-order valence-corrected chi connectivity index (χ2v) is 5.20. The van der Waals surface area contributed by atoms with Crippen LogP contribution in [0.25, 0.3) is 0 Å². The molecular formula is C17H16FNO4. The number of nitrogens with one attached hydrogen (secondary N) is 1. The Labute approximate surface area is 132 Å². The van der Waals surface area contributed by atoms with Crippen LogP contribution in [0.3, 0.4) is 0 Å². The number of carboxylic acid groups (broad SMARTS) is 1. The number of halogens is 1. The van der Waals surface area contributed by atoms with Gasteiger partial charge in [0.15, 0.2) is 0 Å². The molecule has 0 aromatic heterocycles. The Morgan fingerprint density at radius 1 is 1.17 bits per heavy atom. The highest BCUT2D eigenvalue weighted by Crippen LogP contribution is 2.13. The van der Waals surface area contributed by atoms with Crippen molar-refractivity contribution in [2.24, 2.45) is 0 Å². The third-order valence-corrected chi connectivity index (χ3v) is 3.40. The fraction of sp³-hybridized carbons (Fsp3) is 0.176. The molecule has 0 radical (unpaired) electrons. The topological polar surface area (TPSA) is 86.6 Å². The average molecular weight is 317 g/mol. The molecule has 0 spiro atoms. The third kappa shape index (κ3) is 4.29. The first kappa shape index (κ1) is 16.5. The number of aryl methyl sites for hydroxylation is 1. The van der Waals surface area contributed by atoms with E-state index in [1.165, 1.54) is 37.3 Å². The van der Waals surface area contributed by atoms with Gasteiger partial charge < -0.3 is 15.5 Å². The number of phenols is 1. The van der Waals surface area contributed by atoms with Crippen LogP contribution in [-0.4, -0.2) is 28.1 Å². The molecule has 2 aromatic carbocycles. The maximum absolute atomic E-state index is 13.2. The molecule has 0 heterocycles. The second kappa shape index (κ2) is 6.91. The van der Waals surface area contributed by atoms with Gasteiger partial charge in [0.25, 0.3) is 5.91 Å². The van der Waals surface area contributed by atoms with Gasteiger partial charge in [-0.3, -0.25) is 4.79 Å². The lowest BCUT2D eigenvalue weighted by atomic mass is 10.0. The van der Waals surface area contributed by atoms with E-state index in [-0.39, 0.29) is 17.7 Å². The standard InChI is InChI=1S/C17H16FNO4/c1-10-8-12(4-7-14(10)18)16(21)19-15(17(22)23)9-11-2-5-13(20)6-3-11/h2-8,15,20H,9H2,1H3,(H,19,21)(H,22,23)/t15-/m0/s1. The van der Waals surface area contributed by atoms with Gasteiger partial charge in [-0.1, -0.05) is 12.1 Å². The molecule has 1 amide bonds. The van der Waals surface area contributed by atoms with E-state index in [1.807, 2.05) is 0 Å². The van der Waals surface area contributed by atoms with Gasteiger partial charge in [0.05, 0.1) is 0 Å². The quantitative estimate of drug-likeness (QED) is 0.789. The average Bonchev–Trinajstić information content (AvgIpc) is 2.51. The highest BCUT2D eigenvalue weighted by Gasteiger charge is 2.21. The summed E-state index contributed by atoms with van der Waals surface area (Å²) in [7, 11) is 0. The van der Waals surface area contributed by atoms with Crippen molar-refractivity contribution >= 4 is 11.9 Å². The zero-order chi connectivity index (χ0) is 17.0. The summed E-state index contributed by atoms with van der Waals surface area (Å²) in [6.45, 7) is 1.53. The third-order valence-electron chi connectivity index (χ3n) is 3.40. The molecule has 2 rings (SSSR count). The minimum absolute atomic E-state index is 0.0710. The highest BCUT2D eigenvalue weighted by molar-refractivity contribution is 5.96. The lowest BCUT2D eigenvalue weighted by molar-refractivity contribution is -0.139. The van der Waals surface area contributed by atoms with Crippen LogP contribution in [0.5, 0.6) is 5.75 Å². The maximum atomic E-state index is 13.2. The number of carboxylic acids is 1. The van der Waals surface area contributed by atoms with Crippen LogP contribution >= 0.6 is 0 Å². The fourth-order valence-electron chi connectivity index (χ4n) is 2.10. The van der Waals surface area contributed by atoms with Gasteiger partial charge in [-0.2, -0.15) is 0 Å². The summed E-state index contributed by atoms with van der Waals surface area (Å²) in [5, 5.41) is 20.9. The van der Waals surface area contributed by atoms with Crippen LogP contribution in [0.2, 0.25) is 0 Å². The van der Waals surface area contributed by atoms with Gasteiger partial charge in [0.1, 0.15) is 17.6 Å². The van der Waals surface area contributed by atoms with Gasteiger partial charge in [0, 0.05) is 12.0 Å². The number of rotatable bonds is 5. The van der Waals surface area contributed by atoms with E-state index >= 15 is 0 Å². The molecule has 0 bridgehead atoms. The first-order chi connectivity index (χ1) is 10.9. The summed E-state index contributed by atoms with van der Waals surface area (Å²) >= 11 is 0. The van der Waals surface area contributed by atoms with Crippen molar-refractivity contribution in [2.45, 2.75) is 19.4 Å². The summed E-state index contributed by atoms with van der Waals surface area (Å²) in [4.78, 5) is 23.5. The summed E-state index contributed by atoms with van der Waals surface area (Å²) in [5.74, 6) is -2.11. The van der Waals surface area contributed by atoms with Crippen LogP contribution < -0.4 is 5.32 Å². The molecule has 0 saturated heterocycles. The van der Waals surface area contributed by atoms with Crippen LogP contribution in [0.1, 0.15) is 21.5 Å². The summed E-state index contributed by atoms with van der Waals surface area (Å²) < 4.78 is 13.2. The van der Waals surface area contributed by atoms with Gasteiger partial charge in [0.2, 0.25) is 0 Å². The highest BCUT2D eigenvalue weighted by atomic mass is 19.1. The van der Waals surface area contributed by atoms with E-state index in [0.717, 1.165) is 0 Å². The maximum Gasteiger partial charge on any atom is 0.326 e. The van der Waals surface area contributed by atoms with Gasteiger partial charge in [-0.15, -0.1) is 0 Å². The van der Waals surface area contributed by atoms with E-state index in [2.05, 4.69) is 5.32 Å². The molecular weight excluding hydrogens is 301 g/mol. The summed E-state index contributed by atoms with van der Waals surface area (Å²) in [6.07, 6.45) is 0.0710. The first-order valence-corrected chi connectivity index (χ1v) is 6.94. The number of hydrogen-bond donors (Lipinski definition) is 3. The van der Waals surface area contributed by atoms with E-state index in [9.17, 15) is 24.2 Å². The van der Waals surface area contributed by atoms with Gasteiger partial charge >= 0.3 is 5.97 Å². The van der Waals surface area contributed by atoms with E-state index in [4.69, 9.17) is 0 Å². The molecule has 0 unspecified atom stereocenters. The van der Waals surface area contributed by atoms with Crippen molar-refractivity contribution in [3.8, 4) is 5.75 Å². The predicted molar refractivity (Wildman–Crippen MR) is 81.8 cm³/mol. The number of phenolic OH excluding ortho intramolecular Hbond substituents is 1. The Bertz CT molecular complexity index is 728. The zero-order valence-electron chi connectivity index (χ0n) is 12.4. The Morgan fingerprint density at radius 3 is 2.39 bits per heavy atom. The molecule has 6 heteroatoms. The molecule has 1 atom stereocenters. The van der Waals surface area contributed by atoms with Crippen molar-refractivity contribution < 1.29 is 24.2 Å². The van der Waals surface area contributed by atoms with E-state index in [0.29, 0.717) is 11.1 Å². The van der Waals surface area contributed by atoms with Crippen molar-refractivity contribution in [1.82, 2.24) is 5.32 Å². The largest absolute Gasteiger partial charge is 0.508 e. The summed E-state index contributed by atoms with van der Waals surface area (Å²) in [5.41, 5.74) is 1.16. The molecule has 0 aliphatic carbocycles. The minimum Gasteiger partial charge on any atom is -0.508 e. The molecule has 120 valence electrons. The van der Waals surface area contributed by atoms with Crippen molar-refractivity contribution in [3.05, 3.63) is 65.0 Å². The molecule has 0 aliphatic rings. The normalized spacial score (nSPS) is 11.7. The number of hydrogen-bond acceptors (Lipinski definition) is 3. The lowest BCUT2D eigenvalue weighted by Crippen LogP contribution is -2.42. The number of benzene rings is 2. The number of carbonyl (C=O) groups is 2. The number of aliphatic carboxylic acids is 1. The molecule has 0 fully saturated rings.